The van der Waals surface area contributed by atoms with Gasteiger partial charge < -0.3 is 14.8 Å². The lowest BCUT2D eigenvalue weighted by Crippen LogP contribution is -2.15. The number of aryl methyl sites for hydroxylation is 1. The highest BCUT2D eigenvalue weighted by Crippen LogP contribution is 2.36. The Morgan fingerprint density at radius 2 is 1.61 bits per heavy atom. The molecular formula is C23H22ClNO3. The monoisotopic (exact) mass is 395 g/mol. The molecule has 3 rings (SSSR count). The van der Waals surface area contributed by atoms with E-state index in [4.69, 9.17) is 21.1 Å². The fourth-order valence-corrected chi connectivity index (χ4v) is 2.96. The van der Waals surface area contributed by atoms with Crippen LogP contribution in [0.1, 0.15) is 18.1 Å². The molecular weight excluding hydrogens is 374 g/mol. The third-order valence-corrected chi connectivity index (χ3v) is 4.54. The van der Waals surface area contributed by atoms with E-state index in [2.05, 4.69) is 12.2 Å². The lowest BCUT2D eigenvalue weighted by Gasteiger charge is -2.14. The molecule has 1 amide bonds. The number of anilines is 1. The molecule has 0 bridgehead atoms. The zero-order valence-corrected chi connectivity index (χ0v) is 16.6. The van der Waals surface area contributed by atoms with Crippen molar-refractivity contribution in [2.24, 2.45) is 0 Å². The summed E-state index contributed by atoms with van der Waals surface area (Å²) in [6, 6.07) is 20.5. The first-order chi connectivity index (χ1) is 13.6. The largest absolute Gasteiger partial charge is 0.493 e. The van der Waals surface area contributed by atoms with E-state index in [1.807, 2.05) is 42.5 Å². The Morgan fingerprint density at radius 3 is 2.29 bits per heavy atom. The summed E-state index contributed by atoms with van der Waals surface area (Å²) in [6.07, 6.45) is 1.24. The van der Waals surface area contributed by atoms with Crippen LogP contribution in [0, 0.1) is 0 Å². The molecule has 1 N–H and O–H groups in total. The first kappa shape index (κ1) is 19.8. The van der Waals surface area contributed by atoms with Crippen molar-refractivity contribution < 1.29 is 14.3 Å². The summed E-state index contributed by atoms with van der Waals surface area (Å²) in [4.78, 5) is 12.5. The first-order valence-corrected chi connectivity index (χ1v) is 9.45. The quantitative estimate of drug-likeness (QED) is 0.543. The van der Waals surface area contributed by atoms with Crippen molar-refractivity contribution >= 4 is 23.2 Å². The molecule has 0 radical (unpaired) electrons. The Balaban J connectivity index is 1.77. The minimum Gasteiger partial charge on any atom is -0.493 e. The molecule has 3 aromatic carbocycles. The van der Waals surface area contributed by atoms with Gasteiger partial charge in [0.2, 0.25) is 5.91 Å². The van der Waals surface area contributed by atoms with Crippen molar-refractivity contribution in [3.05, 3.63) is 82.9 Å². The molecule has 0 aromatic heterocycles. The van der Waals surface area contributed by atoms with Crippen molar-refractivity contribution in [2.45, 2.75) is 19.8 Å². The zero-order chi connectivity index (χ0) is 19.9. The molecule has 4 nitrogen and oxygen atoms in total. The molecule has 0 fully saturated rings. The fraction of sp³-hybridized carbons (Fsp3) is 0.174. The summed E-state index contributed by atoms with van der Waals surface area (Å²) < 4.78 is 11.3. The normalized spacial score (nSPS) is 10.4. The van der Waals surface area contributed by atoms with Crippen LogP contribution in [0.2, 0.25) is 5.02 Å². The van der Waals surface area contributed by atoms with Crippen LogP contribution < -0.4 is 14.8 Å². The van der Waals surface area contributed by atoms with Gasteiger partial charge in [0.05, 0.1) is 19.2 Å². The molecule has 28 heavy (non-hydrogen) atoms. The summed E-state index contributed by atoms with van der Waals surface area (Å²) in [5, 5.41) is 3.41. The van der Waals surface area contributed by atoms with E-state index in [1.54, 1.807) is 31.4 Å². The number of para-hydroxylation sites is 2. The van der Waals surface area contributed by atoms with Gasteiger partial charge in [-0.15, -0.1) is 0 Å². The molecule has 3 aromatic rings. The number of hydrogen-bond donors (Lipinski definition) is 1. The van der Waals surface area contributed by atoms with Crippen LogP contribution in [0.4, 0.5) is 5.69 Å². The molecule has 0 unspecified atom stereocenters. The molecule has 5 heteroatoms. The van der Waals surface area contributed by atoms with E-state index in [0.717, 1.165) is 12.0 Å². The number of carbonyl (C=O) groups is 1. The van der Waals surface area contributed by atoms with Gasteiger partial charge in [-0.05, 0) is 47.9 Å². The summed E-state index contributed by atoms with van der Waals surface area (Å²) in [5.74, 6) is 1.50. The highest BCUT2D eigenvalue weighted by molar-refractivity contribution is 6.31. The Labute approximate surface area is 170 Å². The van der Waals surface area contributed by atoms with Gasteiger partial charge in [-0.3, -0.25) is 4.79 Å². The molecule has 0 aliphatic rings. The number of benzene rings is 3. The van der Waals surface area contributed by atoms with Gasteiger partial charge in [0, 0.05) is 5.02 Å². The smallest absolute Gasteiger partial charge is 0.228 e. The number of ether oxygens (including phenoxy) is 2. The highest BCUT2D eigenvalue weighted by Gasteiger charge is 2.12. The lowest BCUT2D eigenvalue weighted by atomic mass is 10.1. The van der Waals surface area contributed by atoms with Crippen molar-refractivity contribution in [2.75, 3.05) is 12.4 Å². The molecule has 144 valence electrons. The summed E-state index contributed by atoms with van der Waals surface area (Å²) in [6.45, 7) is 2.10. The van der Waals surface area contributed by atoms with Crippen LogP contribution in [-0.4, -0.2) is 13.0 Å². The Morgan fingerprint density at radius 1 is 0.929 bits per heavy atom. The van der Waals surface area contributed by atoms with Gasteiger partial charge in [0.1, 0.15) is 0 Å². The second-order valence-electron chi connectivity index (χ2n) is 6.29. The number of rotatable bonds is 7. The lowest BCUT2D eigenvalue weighted by molar-refractivity contribution is -0.115. The van der Waals surface area contributed by atoms with Crippen LogP contribution in [-0.2, 0) is 17.6 Å². The van der Waals surface area contributed by atoms with Crippen molar-refractivity contribution in [3.8, 4) is 17.2 Å². The Kier molecular flexibility index (Phi) is 6.56. The third kappa shape index (κ3) is 5.05. The van der Waals surface area contributed by atoms with Gasteiger partial charge in [-0.25, -0.2) is 0 Å². The van der Waals surface area contributed by atoms with Gasteiger partial charge >= 0.3 is 0 Å². The van der Waals surface area contributed by atoms with Crippen molar-refractivity contribution in [1.82, 2.24) is 0 Å². The van der Waals surface area contributed by atoms with Crippen LogP contribution in [0.5, 0.6) is 17.2 Å². The van der Waals surface area contributed by atoms with E-state index in [0.29, 0.717) is 28.0 Å². The highest BCUT2D eigenvalue weighted by atomic mass is 35.5. The van der Waals surface area contributed by atoms with Gasteiger partial charge in [-0.2, -0.15) is 0 Å². The number of halogens is 1. The predicted molar refractivity (Wildman–Crippen MR) is 113 cm³/mol. The standard InChI is InChI=1S/C23H22ClNO3/c1-3-16-8-10-17(11-9-16)14-23(26)25-19-15-18(24)12-13-20(19)28-22-7-5-4-6-21(22)27-2/h4-13,15H,3,14H2,1-2H3,(H,25,26). The summed E-state index contributed by atoms with van der Waals surface area (Å²) >= 11 is 6.12. The van der Waals surface area contributed by atoms with E-state index in [1.165, 1.54) is 5.56 Å². The molecule has 0 atom stereocenters. The number of amides is 1. The maximum atomic E-state index is 12.5. The average Bonchev–Trinajstić information content (AvgIpc) is 2.71. The van der Waals surface area contributed by atoms with E-state index >= 15 is 0 Å². The molecule has 0 saturated carbocycles. The molecule has 0 spiro atoms. The third-order valence-electron chi connectivity index (χ3n) is 4.30. The second kappa shape index (κ2) is 9.29. The maximum absolute atomic E-state index is 12.5. The van der Waals surface area contributed by atoms with Gasteiger partial charge in [-0.1, -0.05) is 54.9 Å². The van der Waals surface area contributed by atoms with Crippen LogP contribution in [0.3, 0.4) is 0 Å². The van der Waals surface area contributed by atoms with E-state index < -0.39 is 0 Å². The summed E-state index contributed by atoms with van der Waals surface area (Å²) in [5.41, 5.74) is 2.70. The number of hydrogen-bond acceptors (Lipinski definition) is 3. The van der Waals surface area contributed by atoms with Gasteiger partial charge in [0.25, 0.3) is 0 Å². The number of carbonyl (C=O) groups excluding carboxylic acids is 1. The SMILES string of the molecule is CCc1ccc(CC(=O)Nc2cc(Cl)ccc2Oc2ccccc2OC)cc1. The second-order valence-corrected chi connectivity index (χ2v) is 6.72. The van der Waals surface area contributed by atoms with Crippen LogP contribution in [0.25, 0.3) is 0 Å². The average molecular weight is 396 g/mol. The molecule has 0 saturated heterocycles. The minimum atomic E-state index is -0.142. The first-order valence-electron chi connectivity index (χ1n) is 9.07. The Hall–Kier alpha value is -2.98. The van der Waals surface area contributed by atoms with Crippen molar-refractivity contribution in [1.29, 1.82) is 0 Å². The van der Waals surface area contributed by atoms with Crippen LogP contribution in [0.15, 0.2) is 66.7 Å². The fourth-order valence-electron chi connectivity index (χ4n) is 2.78. The van der Waals surface area contributed by atoms with Gasteiger partial charge in [0.15, 0.2) is 17.2 Å². The Bertz CT molecular complexity index is 954. The molecule has 0 aliphatic carbocycles. The number of methoxy groups -OCH3 is 1. The topological polar surface area (TPSA) is 47.6 Å². The van der Waals surface area contributed by atoms with Crippen molar-refractivity contribution in [3.63, 3.8) is 0 Å². The number of nitrogens with one attached hydrogen (secondary N) is 1. The van der Waals surface area contributed by atoms with E-state index in [-0.39, 0.29) is 12.3 Å². The summed E-state index contributed by atoms with van der Waals surface area (Å²) in [7, 11) is 1.58. The maximum Gasteiger partial charge on any atom is 0.228 e. The molecule has 0 aliphatic heterocycles. The minimum absolute atomic E-state index is 0.142. The van der Waals surface area contributed by atoms with E-state index in [9.17, 15) is 4.79 Å². The van der Waals surface area contributed by atoms with Crippen LogP contribution >= 0.6 is 11.6 Å². The predicted octanol–water partition coefficient (Wildman–Crippen LogP) is 5.88. The zero-order valence-electron chi connectivity index (χ0n) is 15.9. The molecule has 0 heterocycles.